The van der Waals surface area contributed by atoms with Crippen molar-refractivity contribution in [2.24, 2.45) is 0 Å². The van der Waals surface area contributed by atoms with Crippen LogP contribution in [-0.2, 0) is 0 Å². The van der Waals surface area contributed by atoms with Crippen LogP contribution in [0.1, 0.15) is 71.9 Å². The number of nitrogens with zero attached hydrogens (tertiary/aromatic N) is 1. The average Bonchev–Trinajstić information content (AvgIpc) is 3.18. The van der Waals surface area contributed by atoms with E-state index in [1.807, 2.05) is 36.4 Å². The molecule has 0 atom stereocenters. The molecule has 0 bridgehead atoms. The van der Waals surface area contributed by atoms with Gasteiger partial charge in [0.05, 0.1) is 36.6 Å². The summed E-state index contributed by atoms with van der Waals surface area (Å²) in [6.45, 7) is 7.95. The number of hydrogen-bond acceptors (Lipinski definition) is 5. The zero-order valence-electron chi connectivity index (χ0n) is 21.7. The molecule has 0 unspecified atom stereocenters. The van der Waals surface area contributed by atoms with Crippen LogP contribution in [0.4, 0.5) is 5.69 Å². The summed E-state index contributed by atoms with van der Waals surface area (Å²) in [5.41, 5.74) is 3.27. The lowest BCUT2D eigenvalue weighted by molar-refractivity contribution is 0.0926. The van der Waals surface area contributed by atoms with E-state index in [2.05, 4.69) is 20.8 Å². The Labute approximate surface area is 218 Å². The summed E-state index contributed by atoms with van der Waals surface area (Å²) in [6, 6.07) is 18.2. The van der Waals surface area contributed by atoms with Crippen LogP contribution in [0.3, 0.4) is 0 Å². The van der Waals surface area contributed by atoms with Gasteiger partial charge in [-0.1, -0.05) is 57.2 Å². The van der Waals surface area contributed by atoms with Crippen molar-refractivity contribution in [2.45, 2.75) is 40.0 Å². The third-order valence-corrected chi connectivity index (χ3v) is 5.83. The van der Waals surface area contributed by atoms with Crippen molar-refractivity contribution in [2.75, 3.05) is 24.7 Å². The first-order valence-corrected chi connectivity index (χ1v) is 12.9. The molecule has 0 fully saturated rings. The maximum Gasteiger partial charge on any atom is 0.266 e. The van der Waals surface area contributed by atoms with Crippen LogP contribution in [0.15, 0.2) is 60.7 Å². The molecule has 37 heavy (non-hydrogen) atoms. The van der Waals surface area contributed by atoms with Gasteiger partial charge in [-0.15, -0.1) is 0 Å². The normalized spacial score (nSPS) is 12.8. The SMILES string of the molecule is CCCOc1cc(/C=C/c2ccc(N3C(=O)c4ccccc4C3=O)cc2)cc(OCCC)c1OCCC. The Hall–Kier alpha value is -4.06. The lowest BCUT2D eigenvalue weighted by atomic mass is 10.1. The van der Waals surface area contributed by atoms with Gasteiger partial charge in [-0.05, 0) is 66.8 Å². The molecule has 0 spiro atoms. The zero-order valence-corrected chi connectivity index (χ0v) is 21.7. The van der Waals surface area contributed by atoms with E-state index in [0.717, 1.165) is 30.4 Å². The Kier molecular flexibility index (Phi) is 8.62. The minimum atomic E-state index is -0.298. The summed E-state index contributed by atoms with van der Waals surface area (Å²) in [6.07, 6.45) is 6.62. The van der Waals surface area contributed by atoms with Gasteiger partial charge in [-0.2, -0.15) is 0 Å². The molecule has 192 valence electrons. The minimum Gasteiger partial charge on any atom is -0.490 e. The molecule has 1 heterocycles. The topological polar surface area (TPSA) is 65.1 Å². The number of hydrogen-bond donors (Lipinski definition) is 0. The number of anilines is 1. The van der Waals surface area contributed by atoms with Crippen LogP contribution in [0.5, 0.6) is 17.2 Å². The van der Waals surface area contributed by atoms with Crippen molar-refractivity contribution in [1.82, 2.24) is 0 Å². The Morgan fingerprint density at radius 2 is 1.14 bits per heavy atom. The van der Waals surface area contributed by atoms with Gasteiger partial charge in [0.25, 0.3) is 11.8 Å². The molecule has 3 aromatic rings. The monoisotopic (exact) mass is 499 g/mol. The van der Waals surface area contributed by atoms with Crippen LogP contribution in [0, 0.1) is 0 Å². The first kappa shape index (κ1) is 26.0. The largest absolute Gasteiger partial charge is 0.490 e. The van der Waals surface area contributed by atoms with Crippen LogP contribution in [0.25, 0.3) is 12.2 Å². The quantitative estimate of drug-likeness (QED) is 0.198. The highest BCUT2D eigenvalue weighted by Crippen LogP contribution is 2.40. The lowest BCUT2D eigenvalue weighted by Crippen LogP contribution is -2.29. The second-order valence-electron chi connectivity index (χ2n) is 8.81. The highest BCUT2D eigenvalue weighted by atomic mass is 16.5. The Morgan fingerprint density at radius 1 is 0.649 bits per heavy atom. The van der Waals surface area contributed by atoms with E-state index in [1.54, 1.807) is 36.4 Å². The van der Waals surface area contributed by atoms with Gasteiger partial charge in [-0.25, -0.2) is 4.90 Å². The summed E-state index contributed by atoms with van der Waals surface area (Å²) in [7, 11) is 0. The van der Waals surface area contributed by atoms with E-state index in [1.165, 1.54) is 4.90 Å². The third-order valence-electron chi connectivity index (χ3n) is 5.83. The zero-order chi connectivity index (χ0) is 26.2. The fourth-order valence-electron chi connectivity index (χ4n) is 4.03. The third kappa shape index (κ3) is 5.85. The number of amides is 2. The molecule has 2 amide bonds. The highest BCUT2D eigenvalue weighted by Gasteiger charge is 2.36. The van der Waals surface area contributed by atoms with Crippen molar-refractivity contribution in [3.05, 3.63) is 82.9 Å². The van der Waals surface area contributed by atoms with Crippen molar-refractivity contribution in [3.8, 4) is 17.2 Å². The van der Waals surface area contributed by atoms with Crippen LogP contribution < -0.4 is 19.1 Å². The summed E-state index contributed by atoms with van der Waals surface area (Å²) < 4.78 is 18.0. The Morgan fingerprint density at radius 3 is 1.65 bits per heavy atom. The van der Waals surface area contributed by atoms with Gasteiger partial charge < -0.3 is 14.2 Å². The number of fused-ring (bicyclic) bond motifs is 1. The molecule has 6 nitrogen and oxygen atoms in total. The van der Waals surface area contributed by atoms with Crippen molar-refractivity contribution in [3.63, 3.8) is 0 Å². The summed E-state index contributed by atoms with van der Waals surface area (Å²) in [5, 5.41) is 0. The second-order valence-corrected chi connectivity index (χ2v) is 8.81. The summed E-state index contributed by atoms with van der Waals surface area (Å²) in [4.78, 5) is 26.8. The molecule has 6 heteroatoms. The molecule has 0 saturated heterocycles. The van der Waals surface area contributed by atoms with Crippen LogP contribution in [0.2, 0.25) is 0 Å². The van der Waals surface area contributed by atoms with E-state index in [4.69, 9.17) is 14.2 Å². The maximum absolute atomic E-state index is 12.8. The van der Waals surface area contributed by atoms with Gasteiger partial charge in [0, 0.05) is 0 Å². The van der Waals surface area contributed by atoms with Crippen LogP contribution >= 0.6 is 0 Å². The summed E-state index contributed by atoms with van der Waals surface area (Å²) >= 11 is 0. The van der Waals surface area contributed by atoms with Crippen LogP contribution in [-0.4, -0.2) is 31.6 Å². The first-order valence-electron chi connectivity index (χ1n) is 12.9. The second kappa shape index (κ2) is 12.3. The van der Waals surface area contributed by atoms with E-state index >= 15 is 0 Å². The molecular weight excluding hydrogens is 466 g/mol. The number of rotatable bonds is 12. The number of carbonyl (C=O) groups is 2. The highest BCUT2D eigenvalue weighted by molar-refractivity contribution is 6.34. The molecule has 0 aromatic heterocycles. The average molecular weight is 500 g/mol. The van der Waals surface area contributed by atoms with Crippen molar-refractivity contribution in [1.29, 1.82) is 0 Å². The Balaban J connectivity index is 1.57. The molecule has 4 rings (SSSR count). The molecule has 0 radical (unpaired) electrons. The van der Waals surface area contributed by atoms with Gasteiger partial charge in [0.1, 0.15) is 0 Å². The van der Waals surface area contributed by atoms with E-state index in [-0.39, 0.29) is 11.8 Å². The number of benzene rings is 3. The predicted octanol–water partition coefficient (Wildman–Crippen LogP) is 7.02. The molecule has 0 N–H and O–H groups in total. The minimum absolute atomic E-state index is 0.298. The van der Waals surface area contributed by atoms with Gasteiger partial charge in [0.2, 0.25) is 5.75 Å². The van der Waals surface area contributed by atoms with E-state index < -0.39 is 0 Å². The lowest BCUT2D eigenvalue weighted by Gasteiger charge is -2.17. The standard InChI is InChI=1S/C31H33NO5/c1-4-17-35-27-20-23(21-28(36-18-5-2)29(27)37-19-6-3)12-11-22-13-15-24(16-14-22)32-30(33)25-9-7-8-10-26(25)31(32)34/h7-16,20-21H,4-6,17-19H2,1-3H3/b12-11+. The number of ether oxygens (including phenoxy) is 3. The van der Waals surface area contributed by atoms with Gasteiger partial charge >= 0.3 is 0 Å². The predicted molar refractivity (Wildman–Crippen MR) is 147 cm³/mol. The number of carbonyl (C=O) groups excluding carboxylic acids is 2. The van der Waals surface area contributed by atoms with Crippen molar-refractivity contribution < 1.29 is 23.8 Å². The maximum atomic E-state index is 12.8. The molecule has 3 aromatic carbocycles. The molecule has 1 aliphatic heterocycles. The molecule has 1 aliphatic rings. The smallest absolute Gasteiger partial charge is 0.266 e. The number of imide groups is 1. The molecule has 0 aliphatic carbocycles. The molecular formula is C31H33NO5. The van der Waals surface area contributed by atoms with Gasteiger partial charge in [0.15, 0.2) is 11.5 Å². The molecule has 0 saturated carbocycles. The fourth-order valence-corrected chi connectivity index (χ4v) is 4.03. The summed E-state index contributed by atoms with van der Waals surface area (Å²) in [5.74, 6) is 1.39. The van der Waals surface area contributed by atoms with E-state index in [9.17, 15) is 9.59 Å². The van der Waals surface area contributed by atoms with Crippen molar-refractivity contribution >= 4 is 29.7 Å². The van der Waals surface area contributed by atoms with E-state index in [0.29, 0.717) is 53.9 Å². The van der Waals surface area contributed by atoms with Gasteiger partial charge in [-0.3, -0.25) is 9.59 Å². The Bertz CT molecular complexity index is 1220. The fraction of sp³-hybridized carbons (Fsp3) is 0.290. The first-order chi connectivity index (χ1) is 18.1.